The summed E-state index contributed by atoms with van der Waals surface area (Å²) < 4.78 is 11.1. The zero-order valence-electron chi connectivity index (χ0n) is 33.9. The number of aliphatic hydroxyl groups is 1. The summed E-state index contributed by atoms with van der Waals surface area (Å²) in [5.41, 5.74) is 0. The van der Waals surface area contributed by atoms with Crippen LogP contribution in [0.1, 0.15) is 206 Å². The Bertz CT molecular complexity index is 839. The maximum Gasteiger partial charge on any atom is 0.310 e. The molecule has 0 saturated heterocycles. The van der Waals surface area contributed by atoms with Gasteiger partial charge in [-0.25, -0.2) is 0 Å². The molecule has 1 atom stereocenters. The maximum absolute atomic E-state index is 12.1. The third-order valence-electron chi connectivity index (χ3n) is 9.39. The average molecular weight is 713 g/mol. The number of rotatable bonds is 40. The molecule has 0 spiro atoms. The summed E-state index contributed by atoms with van der Waals surface area (Å²) in [5, 5.41) is 9.58. The molecule has 0 aliphatic heterocycles. The molecule has 0 rings (SSSR count). The van der Waals surface area contributed by atoms with E-state index < -0.39 is 6.10 Å². The van der Waals surface area contributed by atoms with E-state index in [4.69, 9.17) is 9.47 Å². The molecule has 0 amide bonds. The molecule has 0 aromatic carbocycles. The van der Waals surface area contributed by atoms with Crippen LogP contribution in [0.2, 0.25) is 0 Å². The number of hydrogen-bond acceptors (Lipinski definition) is 4. The van der Waals surface area contributed by atoms with E-state index in [1.807, 2.05) is 12.2 Å². The highest BCUT2D eigenvalue weighted by molar-refractivity contribution is 5.71. The summed E-state index contributed by atoms with van der Waals surface area (Å²) >= 11 is 0. The lowest BCUT2D eigenvalue weighted by atomic mass is 10.0. The second-order valence-corrected chi connectivity index (χ2v) is 14.4. The van der Waals surface area contributed by atoms with Gasteiger partial charge in [0.2, 0.25) is 0 Å². The van der Waals surface area contributed by atoms with Crippen LogP contribution in [-0.4, -0.2) is 37.0 Å². The molecule has 0 aliphatic rings. The zero-order valence-corrected chi connectivity index (χ0v) is 33.9. The van der Waals surface area contributed by atoms with Gasteiger partial charge in [-0.1, -0.05) is 222 Å². The highest BCUT2D eigenvalue weighted by Gasteiger charge is 2.12. The highest BCUT2D eigenvalue weighted by Crippen LogP contribution is 2.16. The Morgan fingerprint density at radius 1 is 0.471 bits per heavy atom. The third kappa shape index (κ3) is 42.4. The van der Waals surface area contributed by atoms with Crippen molar-refractivity contribution >= 4 is 5.97 Å². The number of ether oxygens (including phenoxy) is 2. The first-order valence-corrected chi connectivity index (χ1v) is 21.9. The second-order valence-electron chi connectivity index (χ2n) is 14.4. The summed E-state index contributed by atoms with van der Waals surface area (Å²) in [6.07, 6.45) is 58.9. The van der Waals surface area contributed by atoms with Gasteiger partial charge in [-0.3, -0.25) is 4.79 Å². The van der Waals surface area contributed by atoms with Crippen LogP contribution in [0.15, 0.2) is 60.8 Å². The van der Waals surface area contributed by atoms with Crippen LogP contribution in [0.3, 0.4) is 0 Å². The molecule has 4 heteroatoms. The number of unbranched alkanes of at least 4 members (excludes halogenated alkanes) is 23. The normalized spacial score (nSPS) is 12.9. The van der Waals surface area contributed by atoms with Crippen molar-refractivity contribution in [2.24, 2.45) is 0 Å². The van der Waals surface area contributed by atoms with Gasteiger partial charge in [0, 0.05) is 6.61 Å². The van der Waals surface area contributed by atoms with Crippen LogP contribution in [0.5, 0.6) is 0 Å². The molecule has 0 aromatic heterocycles. The lowest BCUT2D eigenvalue weighted by molar-refractivity contribution is -0.153. The van der Waals surface area contributed by atoms with Crippen molar-refractivity contribution in [3.8, 4) is 0 Å². The Balaban J connectivity index is 3.46. The molecule has 296 valence electrons. The Morgan fingerprint density at radius 2 is 0.804 bits per heavy atom. The minimum Gasteiger partial charge on any atom is -0.457 e. The Morgan fingerprint density at radius 3 is 1.16 bits per heavy atom. The number of carbonyl (C=O) groups is 1. The van der Waals surface area contributed by atoms with Gasteiger partial charge in [-0.15, -0.1) is 0 Å². The highest BCUT2D eigenvalue weighted by atomic mass is 16.6. The van der Waals surface area contributed by atoms with Crippen molar-refractivity contribution in [1.29, 1.82) is 0 Å². The van der Waals surface area contributed by atoms with E-state index in [-0.39, 0.29) is 25.6 Å². The molecular formula is C47H84O4. The smallest absolute Gasteiger partial charge is 0.310 e. The topological polar surface area (TPSA) is 55.8 Å². The van der Waals surface area contributed by atoms with E-state index in [9.17, 15) is 9.90 Å². The van der Waals surface area contributed by atoms with Crippen molar-refractivity contribution in [1.82, 2.24) is 0 Å². The first-order chi connectivity index (χ1) is 25.2. The Labute approximate surface area is 317 Å². The summed E-state index contributed by atoms with van der Waals surface area (Å²) in [6, 6.07) is 0. The van der Waals surface area contributed by atoms with E-state index in [1.54, 1.807) is 0 Å². The minimum absolute atomic E-state index is 0.211. The van der Waals surface area contributed by atoms with Gasteiger partial charge in [0.25, 0.3) is 0 Å². The van der Waals surface area contributed by atoms with Gasteiger partial charge in [0.1, 0.15) is 6.10 Å². The first-order valence-electron chi connectivity index (χ1n) is 21.9. The molecule has 0 aromatic rings. The van der Waals surface area contributed by atoms with Crippen molar-refractivity contribution < 1.29 is 19.4 Å². The SMILES string of the molecule is CC/C=C\C/C=C\C/C=C\C/C=C\C/C=C\CC(=O)OC(CO)COCCCCCCCCCCCCCCCCCCCCCCCCCC. The number of aliphatic hydroxyl groups excluding tert-OH is 1. The molecule has 0 aliphatic carbocycles. The fourth-order valence-corrected chi connectivity index (χ4v) is 6.17. The number of allylic oxidation sites excluding steroid dienone is 9. The van der Waals surface area contributed by atoms with Crippen LogP contribution in [-0.2, 0) is 14.3 Å². The van der Waals surface area contributed by atoms with Crippen molar-refractivity contribution in [3.63, 3.8) is 0 Å². The number of esters is 1. The van der Waals surface area contributed by atoms with E-state index in [0.29, 0.717) is 6.61 Å². The van der Waals surface area contributed by atoms with Crippen molar-refractivity contribution in [2.45, 2.75) is 213 Å². The van der Waals surface area contributed by atoms with Gasteiger partial charge in [0.15, 0.2) is 0 Å². The molecule has 0 saturated carbocycles. The van der Waals surface area contributed by atoms with Crippen LogP contribution < -0.4 is 0 Å². The van der Waals surface area contributed by atoms with Crippen LogP contribution in [0, 0.1) is 0 Å². The standard InChI is InChI=1S/C47H84O4/c1-3-5-7-9-11-13-15-17-19-20-21-22-23-24-25-26-27-29-31-33-35-37-39-41-43-50-45-46(44-48)51-47(49)42-40-38-36-34-32-30-28-18-16-14-12-10-8-6-4-2/h6,8,12,14,18,28,32,34,38,40,46,48H,3-5,7,9-11,13,15-17,19-27,29-31,33,35-37,39,41-45H2,1-2H3/b8-6-,14-12-,28-18-,34-32-,40-38-. The number of hydrogen-bond donors (Lipinski definition) is 1. The second kappa shape index (κ2) is 44.3. The molecule has 0 bridgehead atoms. The predicted molar refractivity (Wildman–Crippen MR) is 223 cm³/mol. The van der Waals surface area contributed by atoms with Gasteiger partial charge >= 0.3 is 5.97 Å². The fraction of sp³-hybridized carbons (Fsp3) is 0.766. The molecular weight excluding hydrogens is 629 g/mol. The third-order valence-corrected chi connectivity index (χ3v) is 9.39. The molecule has 0 heterocycles. The zero-order chi connectivity index (χ0) is 37.0. The van der Waals surface area contributed by atoms with Crippen molar-refractivity contribution in [2.75, 3.05) is 19.8 Å². The molecule has 0 fully saturated rings. The van der Waals surface area contributed by atoms with Gasteiger partial charge in [-0.2, -0.15) is 0 Å². The largest absolute Gasteiger partial charge is 0.457 e. The molecule has 51 heavy (non-hydrogen) atoms. The summed E-state index contributed by atoms with van der Waals surface area (Å²) in [5.74, 6) is -0.325. The average Bonchev–Trinajstić information content (AvgIpc) is 3.14. The number of carbonyl (C=O) groups excluding carboxylic acids is 1. The van der Waals surface area contributed by atoms with Crippen molar-refractivity contribution in [3.05, 3.63) is 60.8 Å². The quantitative estimate of drug-likeness (QED) is 0.0390. The lowest BCUT2D eigenvalue weighted by Crippen LogP contribution is -2.27. The van der Waals surface area contributed by atoms with E-state index in [1.165, 1.54) is 148 Å². The van der Waals surface area contributed by atoms with Gasteiger partial charge in [-0.05, 0) is 38.5 Å². The summed E-state index contributed by atoms with van der Waals surface area (Å²) in [6.45, 7) is 5.14. The van der Waals surface area contributed by atoms with E-state index in [0.717, 1.165) is 38.5 Å². The van der Waals surface area contributed by atoms with E-state index in [2.05, 4.69) is 62.5 Å². The van der Waals surface area contributed by atoms with Gasteiger partial charge < -0.3 is 14.6 Å². The molecule has 1 unspecified atom stereocenters. The molecule has 4 nitrogen and oxygen atoms in total. The summed E-state index contributed by atoms with van der Waals surface area (Å²) in [7, 11) is 0. The Hall–Kier alpha value is -1.91. The lowest BCUT2D eigenvalue weighted by Gasteiger charge is -2.15. The first kappa shape index (κ1) is 49.1. The predicted octanol–water partition coefficient (Wildman–Crippen LogP) is 14.4. The van der Waals surface area contributed by atoms with Crippen LogP contribution in [0.25, 0.3) is 0 Å². The summed E-state index contributed by atoms with van der Waals surface area (Å²) in [4.78, 5) is 12.1. The molecule has 1 N–H and O–H groups in total. The van der Waals surface area contributed by atoms with Crippen LogP contribution in [0.4, 0.5) is 0 Å². The van der Waals surface area contributed by atoms with Crippen LogP contribution >= 0.6 is 0 Å². The maximum atomic E-state index is 12.1. The minimum atomic E-state index is -0.588. The fourth-order valence-electron chi connectivity index (χ4n) is 6.17. The van der Waals surface area contributed by atoms with Gasteiger partial charge in [0.05, 0.1) is 19.6 Å². The molecule has 0 radical (unpaired) electrons. The monoisotopic (exact) mass is 713 g/mol. The Kier molecular flexibility index (Phi) is 42.6. The van der Waals surface area contributed by atoms with E-state index >= 15 is 0 Å².